The van der Waals surface area contributed by atoms with E-state index in [2.05, 4.69) is 22.9 Å². The fraction of sp³-hybridized carbons (Fsp3) is 0.412. The van der Waals surface area contributed by atoms with Gasteiger partial charge in [-0.25, -0.2) is 4.79 Å². The van der Waals surface area contributed by atoms with E-state index in [1.165, 1.54) is 0 Å². The molecule has 3 aromatic carbocycles. The summed E-state index contributed by atoms with van der Waals surface area (Å²) >= 11 is 5.40. The van der Waals surface area contributed by atoms with Crippen molar-refractivity contribution >= 4 is 39.7 Å². The number of thioether (sulfide) groups is 1. The maximum Gasteiger partial charge on any atom is 0.411 e. The molecule has 2 aliphatic rings. The number of piperazine rings is 1. The number of benzene rings is 3. The Hall–Kier alpha value is -3.05. The lowest BCUT2D eigenvalue weighted by Gasteiger charge is -2.55. The highest BCUT2D eigenvalue weighted by Crippen LogP contribution is 2.48. The molecule has 10 heteroatoms. The molecule has 2 amide bonds. The first-order chi connectivity index (χ1) is 21.5. The number of aliphatic hydroxyl groups excluding tert-OH is 1. The molecule has 5 rings (SSSR count). The number of ether oxygens (including phenoxy) is 3. The van der Waals surface area contributed by atoms with E-state index in [4.69, 9.17) is 14.2 Å². The third kappa shape index (κ3) is 6.93. The summed E-state index contributed by atoms with van der Waals surface area (Å²) in [7, 11) is 1.64. The second kappa shape index (κ2) is 15.3. The van der Waals surface area contributed by atoms with Gasteiger partial charge in [0, 0.05) is 16.6 Å². The first kappa shape index (κ1) is 32.3. The van der Waals surface area contributed by atoms with E-state index in [1.54, 1.807) is 23.8 Å². The zero-order valence-electron chi connectivity index (χ0n) is 25.1. The van der Waals surface area contributed by atoms with Crippen LogP contribution in [-0.2, 0) is 33.9 Å². The highest BCUT2D eigenvalue weighted by atomic mass is 79.9. The molecule has 0 saturated carbocycles. The lowest BCUT2D eigenvalue weighted by molar-refractivity contribution is -0.154. The van der Waals surface area contributed by atoms with Crippen LogP contribution in [0.3, 0.4) is 0 Å². The van der Waals surface area contributed by atoms with Crippen LogP contribution in [0.4, 0.5) is 4.79 Å². The summed E-state index contributed by atoms with van der Waals surface area (Å²) in [6, 6.07) is 21.8. The first-order valence-corrected chi connectivity index (χ1v) is 16.8. The summed E-state index contributed by atoms with van der Waals surface area (Å²) in [4.78, 5) is 32.1. The molecule has 0 radical (unpaired) electrons. The van der Waals surface area contributed by atoms with Gasteiger partial charge >= 0.3 is 6.09 Å². The van der Waals surface area contributed by atoms with E-state index in [1.807, 2.05) is 77.7 Å². The highest BCUT2D eigenvalue weighted by molar-refractivity contribution is 9.10. The number of hydrogen-bond acceptors (Lipinski definition) is 7. The number of methoxy groups -OCH3 is 1. The number of hydrogen-bond donors (Lipinski definition) is 1. The molecule has 2 heterocycles. The number of aliphatic hydroxyl groups is 1. The van der Waals surface area contributed by atoms with Gasteiger partial charge in [-0.3, -0.25) is 9.69 Å². The minimum absolute atomic E-state index is 0.0844. The number of carbonyl (C=O) groups excluding carboxylic acids is 2. The van der Waals surface area contributed by atoms with Crippen molar-refractivity contribution in [1.82, 2.24) is 9.80 Å². The van der Waals surface area contributed by atoms with Crippen LogP contribution in [0.15, 0.2) is 77.3 Å². The Bertz CT molecular complexity index is 1410. The minimum atomic E-state index is -0.790. The van der Waals surface area contributed by atoms with Crippen molar-refractivity contribution in [2.45, 2.75) is 62.9 Å². The monoisotopic (exact) mass is 682 g/mol. The van der Waals surface area contributed by atoms with E-state index in [0.29, 0.717) is 31.6 Å². The molecule has 0 bridgehead atoms. The molecule has 3 aromatic rings. The van der Waals surface area contributed by atoms with Crippen molar-refractivity contribution in [1.29, 1.82) is 0 Å². The number of amides is 2. The van der Waals surface area contributed by atoms with Crippen molar-refractivity contribution in [2.24, 2.45) is 0 Å². The quantitative estimate of drug-likeness (QED) is 0.239. The van der Waals surface area contributed by atoms with Crippen LogP contribution >= 0.6 is 27.7 Å². The minimum Gasteiger partial charge on any atom is -0.496 e. The van der Waals surface area contributed by atoms with Gasteiger partial charge in [0.15, 0.2) is 0 Å². The van der Waals surface area contributed by atoms with Gasteiger partial charge < -0.3 is 24.2 Å². The van der Waals surface area contributed by atoms with E-state index in [9.17, 15) is 14.7 Å². The van der Waals surface area contributed by atoms with E-state index >= 15 is 0 Å². The Labute approximate surface area is 271 Å². The third-order valence-electron chi connectivity index (χ3n) is 8.17. The molecule has 234 valence electrons. The van der Waals surface area contributed by atoms with Crippen LogP contribution in [0.1, 0.15) is 48.1 Å². The highest BCUT2D eigenvalue weighted by Gasteiger charge is 2.54. The van der Waals surface area contributed by atoms with Gasteiger partial charge in [0.1, 0.15) is 23.8 Å². The van der Waals surface area contributed by atoms with Gasteiger partial charge in [-0.15, -0.1) is 11.8 Å². The fourth-order valence-corrected chi connectivity index (χ4v) is 7.91. The molecule has 1 fully saturated rings. The fourth-order valence-electron chi connectivity index (χ4n) is 6.21. The molecular weight excluding hydrogens is 644 g/mol. The van der Waals surface area contributed by atoms with E-state index < -0.39 is 18.2 Å². The summed E-state index contributed by atoms with van der Waals surface area (Å²) in [6.45, 7) is 2.73. The lowest BCUT2D eigenvalue weighted by atomic mass is 9.84. The topological polar surface area (TPSA) is 88.5 Å². The maximum absolute atomic E-state index is 14.6. The van der Waals surface area contributed by atoms with Crippen molar-refractivity contribution in [2.75, 3.05) is 26.1 Å². The Balaban J connectivity index is 1.53. The molecule has 4 atom stereocenters. The number of rotatable bonds is 12. The number of fused-ring (bicyclic) bond motifs is 2. The summed E-state index contributed by atoms with van der Waals surface area (Å²) in [5, 5.41) is 9.39. The number of nitrogens with zero attached hydrogens (tertiary/aromatic N) is 2. The molecule has 1 saturated heterocycles. The molecule has 44 heavy (non-hydrogen) atoms. The Morgan fingerprint density at radius 1 is 1.00 bits per heavy atom. The predicted molar refractivity (Wildman–Crippen MR) is 174 cm³/mol. The second-order valence-corrected chi connectivity index (χ2v) is 13.1. The smallest absolute Gasteiger partial charge is 0.411 e. The SMILES string of the molecule is CCS[C@@H]1[C@@H]2Cc3c(Br)ccc(OC)c3[C@H](COCc3ccccc3)N2C(=O)[C@H](CCCO)N1C(=O)OCc1ccccc1. The van der Waals surface area contributed by atoms with Crippen LogP contribution < -0.4 is 4.74 Å². The van der Waals surface area contributed by atoms with Gasteiger partial charge in [-0.05, 0) is 53.8 Å². The Kier molecular flexibility index (Phi) is 11.2. The van der Waals surface area contributed by atoms with Crippen molar-refractivity contribution < 1.29 is 28.9 Å². The van der Waals surface area contributed by atoms with Crippen LogP contribution in [-0.4, -0.2) is 70.4 Å². The van der Waals surface area contributed by atoms with Crippen LogP contribution in [0.2, 0.25) is 0 Å². The van der Waals surface area contributed by atoms with E-state index in [-0.39, 0.29) is 37.1 Å². The molecule has 0 aromatic heterocycles. The van der Waals surface area contributed by atoms with Gasteiger partial charge in [-0.1, -0.05) is 83.5 Å². The molecule has 0 spiro atoms. The van der Waals surface area contributed by atoms with Crippen molar-refractivity contribution in [3.8, 4) is 5.75 Å². The predicted octanol–water partition coefficient (Wildman–Crippen LogP) is 6.34. The summed E-state index contributed by atoms with van der Waals surface area (Å²) in [5.41, 5.74) is 3.87. The molecule has 0 aliphatic carbocycles. The molecule has 0 unspecified atom stereocenters. The number of carbonyl (C=O) groups is 2. The summed E-state index contributed by atoms with van der Waals surface area (Å²) in [6.07, 6.45) is 0.700. The normalized spacial score (nSPS) is 21.0. The standard InChI is InChI=1S/C34H39BrN2O6S/c1-3-44-33-28-19-25-26(35)16-17-30(41-2)31(25)29(22-42-20-23-11-6-4-7-12-23)36(28)32(39)27(15-10-18-38)37(33)34(40)43-21-24-13-8-5-9-14-24/h4-9,11-14,16-17,27-29,33,38H,3,10,15,18-22H2,1-2H3/t27-,28-,29-,33+/m0/s1. The van der Waals surface area contributed by atoms with Gasteiger partial charge in [0.2, 0.25) is 5.91 Å². The molecular formula is C34H39BrN2O6S. The average Bonchev–Trinajstić information content (AvgIpc) is 3.05. The molecule has 1 N–H and O–H groups in total. The van der Waals surface area contributed by atoms with Gasteiger partial charge in [0.25, 0.3) is 0 Å². The zero-order valence-corrected chi connectivity index (χ0v) is 27.5. The van der Waals surface area contributed by atoms with Gasteiger partial charge in [-0.2, -0.15) is 0 Å². The Morgan fingerprint density at radius 3 is 2.32 bits per heavy atom. The summed E-state index contributed by atoms with van der Waals surface area (Å²) < 4.78 is 18.9. The van der Waals surface area contributed by atoms with Crippen LogP contribution in [0.25, 0.3) is 0 Å². The maximum atomic E-state index is 14.6. The van der Waals surface area contributed by atoms with Crippen molar-refractivity contribution in [3.63, 3.8) is 0 Å². The zero-order chi connectivity index (χ0) is 31.1. The van der Waals surface area contributed by atoms with Crippen LogP contribution in [0.5, 0.6) is 5.75 Å². The third-order valence-corrected chi connectivity index (χ3v) is 10.1. The second-order valence-electron chi connectivity index (χ2n) is 10.9. The van der Waals surface area contributed by atoms with Crippen molar-refractivity contribution in [3.05, 3.63) is 99.5 Å². The van der Waals surface area contributed by atoms with Crippen LogP contribution in [0, 0.1) is 0 Å². The summed E-state index contributed by atoms with van der Waals surface area (Å²) in [5.74, 6) is 1.26. The molecule has 8 nitrogen and oxygen atoms in total. The van der Waals surface area contributed by atoms with E-state index in [0.717, 1.165) is 32.5 Å². The molecule has 2 aliphatic heterocycles. The first-order valence-electron chi connectivity index (χ1n) is 15.0. The Morgan fingerprint density at radius 2 is 1.68 bits per heavy atom. The van der Waals surface area contributed by atoms with Gasteiger partial charge in [0.05, 0.1) is 32.4 Å². The average molecular weight is 684 g/mol. The largest absolute Gasteiger partial charge is 0.496 e. The number of halogens is 1. The lowest BCUT2D eigenvalue weighted by Crippen LogP contribution is -2.69.